The highest BCUT2D eigenvalue weighted by Gasteiger charge is 2.28. The smallest absolute Gasteiger partial charge is 0.322 e. The van der Waals surface area contributed by atoms with Crippen LogP contribution >= 0.6 is 11.3 Å². The average Bonchev–Trinajstić information content (AvgIpc) is 3.28. The Bertz CT molecular complexity index is 1080. The number of aryl methyl sites for hydroxylation is 1. The number of carboxylic acids is 1. The molecule has 1 aromatic carbocycles. The molecule has 0 aliphatic carbocycles. The maximum Gasteiger partial charge on any atom is 0.322 e. The molecule has 0 amide bonds. The molecule has 0 unspecified atom stereocenters. The van der Waals surface area contributed by atoms with Crippen LogP contribution in [0.2, 0.25) is 0 Å². The van der Waals surface area contributed by atoms with Crippen LogP contribution < -0.4 is 4.72 Å². The molecule has 28 heavy (non-hydrogen) atoms. The highest BCUT2D eigenvalue weighted by molar-refractivity contribution is 7.89. The molecule has 2 heterocycles. The summed E-state index contributed by atoms with van der Waals surface area (Å²) < 4.78 is 32.6. The maximum absolute atomic E-state index is 12.5. The third-order valence-electron chi connectivity index (χ3n) is 4.17. The van der Waals surface area contributed by atoms with Crippen LogP contribution in [0.15, 0.2) is 51.9 Å². The fraction of sp³-hybridized carbons (Fsp3) is 0.263. The molecular formula is C19H20N2O5S2. The minimum atomic E-state index is -3.96. The fourth-order valence-corrected chi connectivity index (χ4v) is 4.76. The second-order valence-corrected chi connectivity index (χ2v) is 9.69. The lowest BCUT2D eigenvalue weighted by molar-refractivity contribution is -0.140. The summed E-state index contributed by atoms with van der Waals surface area (Å²) in [6, 6.07) is 10.6. The number of hydrogen-bond donors (Lipinski definition) is 2. The first kappa shape index (κ1) is 20.2. The molecule has 0 saturated heterocycles. The minimum Gasteiger partial charge on any atom is -0.480 e. The highest BCUT2D eigenvalue weighted by Crippen LogP contribution is 2.31. The van der Waals surface area contributed by atoms with E-state index >= 15 is 0 Å². The summed E-state index contributed by atoms with van der Waals surface area (Å²) in [6.07, 6.45) is 0. The van der Waals surface area contributed by atoms with Crippen LogP contribution in [0.25, 0.3) is 21.9 Å². The first-order chi connectivity index (χ1) is 13.2. The lowest BCUT2D eigenvalue weighted by atomic mass is 10.1. The highest BCUT2D eigenvalue weighted by atomic mass is 32.2. The van der Waals surface area contributed by atoms with Crippen molar-refractivity contribution < 1.29 is 22.8 Å². The zero-order chi connectivity index (χ0) is 20.5. The first-order valence-electron chi connectivity index (χ1n) is 8.56. The quantitative estimate of drug-likeness (QED) is 0.602. The van der Waals surface area contributed by atoms with Crippen LogP contribution in [0.4, 0.5) is 0 Å². The van der Waals surface area contributed by atoms with Gasteiger partial charge in [0.05, 0.1) is 9.77 Å². The van der Waals surface area contributed by atoms with Crippen molar-refractivity contribution in [3.63, 3.8) is 0 Å². The third kappa shape index (κ3) is 4.32. The monoisotopic (exact) mass is 420 g/mol. The molecule has 0 fully saturated rings. The zero-order valence-corrected chi connectivity index (χ0v) is 17.2. The molecule has 9 heteroatoms. The van der Waals surface area contributed by atoms with Gasteiger partial charge in [-0.25, -0.2) is 8.42 Å². The number of sulfonamides is 1. The molecule has 0 aliphatic rings. The third-order valence-corrected chi connectivity index (χ3v) is 6.64. The number of hydrogen-bond acceptors (Lipinski definition) is 6. The van der Waals surface area contributed by atoms with Gasteiger partial charge in [-0.1, -0.05) is 31.1 Å². The van der Waals surface area contributed by atoms with Crippen molar-refractivity contribution in [2.24, 2.45) is 5.92 Å². The second-order valence-electron chi connectivity index (χ2n) is 6.69. The Balaban J connectivity index is 1.81. The summed E-state index contributed by atoms with van der Waals surface area (Å²) in [5, 5.41) is 13.2. The largest absolute Gasteiger partial charge is 0.480 e. The van der Waals surface area contributed by atoms with Gasteiger partial charge in [-0.3, -0.25) is 4.79 Å². The molecule has 0 radical (unpaired) electrons. The van der Waals surface area contributed by atoms with Crippen LogP contribution in [-0.4, -0.2) is 30.7 Å². The lowest BCUT2D eigenvalue weighted by Crippen LogP contribution is -2.44. The van der Waals surface area contributed by atoms with Gasteiger partial charge in [0, 0.05) is 16.5 Å². The number of rotatable bonds is 7. The van der Waals surface area contributed by atoms with Crippen LogP contribution in [0, 0.1) is 12.8 Å². The van der Waals surface area contributed by atoms with Crippen LogP contribution in [-0.2, 0) is 14.8 Å². The van der Waals surface area contributed by atoms with E-state index in [1.807, 2.05) is 19.1 Å². The van der Waals surface area contributed by atoms with Gasteiger partial charge in [0.2, 0.25) is 10.0 Å². The van der Waals surface area contributed by atoms with Crippen molar-refractivity contribution in [1.29, 1.82) is 0 Å². The van der Waals surface area contributed by atoms with Crippen LogP contribution in [0.5, 0.6) is 0 Å². The Labute approximate surface area is 167 Å². The molecule has 0 bridgehead atoms. The summed E-state index contributed by atoms with van der Waals surface area (Å²) >= 11 is 1.60. The Kier molecular flexibility index (Phi) is 5.69. The topological polar surface area (TPSA) is 110 Å². The van der Waals surface area contributed by atoms with E-state index in [4.69, 9.17) is 4.52 Å². The molecule has 148 valence electrons. The lowest BCUT2D eigenvalue weighted by Gasteiger charge is -2.18. The number of aromatic nitrogens is 1. The van der Waals surface area contributed by atoms with E-state index in [2.05, 4.69) is 9.88 Å². The predicted molar refractivity (Wildman–Crippen MR) is 107 cm³/mol. The van der Waals surface area contributed by atoms with Gasteiger partial charge in [0.15, 0.2) is 5.76 Å². The van der Waals surface area contributed by atoms with E-state index in [-0.39, 0.29) is 10.8 Å². The number of nitrogens with one attached hydrogen (secondary N) is 1. The van der Waals surface area contributed by atoms with Crippen molar-refractivity contribution in [3.05, 3.63) is 47.3 Å². The van der Waals surface area contributed by atoms with Gasteiger partial charge >= 0.3 is 5.97 Å². The molecular weight excluding hydrogens is 400 g/mol. The normalized spacial score (nSPS) is 13.0. The molecule has 2 aromatic heterocycles. The molecule has 2 N–H and O–H groups in total. The van der Waals surface area contributed by atoms with E-state index in [1.165, 1.54) is 12.1 Å². The summed E-state index contributed by atoms with van der Waals surface area (Å²) in [7, 11) is -3.96. The van der Waals surface area contributed by atoms with E-state index < -0.39 is 22.0 Å². The molecule has 0 saturated carbocycles. The molecule has 0 spiro atoms. The van der Waals surface area contributed by atoms with Gasteiger partial charge in [0.25, 0.3) is 0 Å². The number of carbonyl (C=O) groups is 1. The average molecular weight is 421 g/mol. The standard InChI is InChI=1S/C19H20N2O5S2/c1-11(2)18(19(22)23)21-28(24,25)14-7-5-13(6-8-14)15-10-16(26-20-15)17-9-4-12(3)27-17/h4-11,18,21H,1-3H3,(H,22,23)/t18-/m1/s1. The van der Waals surface area contributed by atoms with Gasteiger partial charge < -0.3 is 9.63 Å². The molecule has 3 aromatic rings. The second kappa shape index (κ2) is 7.86. The molecule has 0 aliphatic heterocycles. The van der Waals surface area contributed by atoms with Crippen LogP contribution in [0.3, 0.4) is 0 Å². The summed E-state index contributed by atoms with van der Waals surface area (Å²) in [6.45, 7) is 5.29. The van der Waals surface area contributed by atoms with E-state index in [0.29, 0.717) is 17.0 Å². The number of benzene rings is 1. The number of carboxylic acid groups (broad SMARTS) is 1. The fourth-order valence-electron chi connectivity index (χ4n) is 2.61. The van der Waals surface area contributed by atoms with E-state index in [9.17, 15) is 18.3 Å². The van der Waals surface area contributed by atoms with Crippen molar-refractivity contribution in [2.45, 2.75) is 31.7 Å². The predicted octanol–water partition coefficient (Wildman–Crippen LogP) is 3.77. The Hall–Kier alpha value is -2.49. The number of aliphatic carboxylic acids is 1. The number of nitrogens with zero attached hydrogens (tertiary/aromatic N) is 1. The minimum absolute atomic E-state index is 0.0132. The summed E-state index contributed by atoms with van der Waals surface area (Å²) in [4.78, 5) is 13.4. The van der Waals surface area contributed by atoms with Gasteiger partial charge in [-0.15, -0.1) is 11.3 Å². The van der Waals surface area contributed by atoms with Gasteiger partial charge in [-0.2, -0.15) is 4.72 Å². The van der Waals surface area contributed by atoms with Crippen LogP contribution in [0.1, 0.15) is 18.7 Å². The van der Waals surface area contributed by atoms with E-state index in [0.717, 1.165) is 9.75 Å². The van der Waals surface area contributed by atoms with E-state index in [1.54, 1.807) is 43.4 Å². The molecule has 1 atom stereocenters. The number of thiophene rings is 1. The Morgan fingerprint density at radius 3 is 2.39 bits per heavy atom. The SMILES string of the molecule is Cc1ccc(-c2cc(-c3ccc(S(=O)(=O)N[C@@H](C(=O)O)C(C)C)cc3)no2)s1. The van der Waals surface area contributed by atoms with Crippen molar-refractivity contribution in [1.82, 2.24) is 9.88 Å². The summed E-state index contributed by atoms with van der Waals surface area (Å²) in [5.74, 6) is -0.956. The Morgan fingerprint density at radius 2 is 1.86 bits per heavy atom. The summed E-state index contributed by atoms with van der Waals surface area (Å²) in [5.41, 5.74) is 1.28. The van der Waals surface area contributed by atoms with Gasteiger partial charge in [0.1, 0.15) is 11.7 Å². The first-order valence-corrected chi connectivity index (χ1v) is 10.9. The zero-order valence-electron chi connectivity index (χ0n) is 15.5. The molecule has 7 nitrogen and oxygen atoms in total. The van der Waals surface area contributed by atoms with Crippen molar-refractivity contribution in [2.75, 3.05) is 0 Å². The van der Waals surface area contributed by atoms with Gasteiger partial charge in [-0.05, 0) is 37.1 Å². The van der Waals surface area contributed by atoms with Crippen molar-refractivity contribution >= 4 is 27.3 Å². The van der Waals surface area contributed by atoms with Crippen molar-refractivity contribution in [3.8, 4) is 21.9 Å². The molecule has 3 rings (SSSR count). The Morgan fingerprint density at radius 1 is 1.18 bits per heavy atom. The maximum atomic E-state index is 12.5.